The van der Waals surface area contributed by atoms with Crippen LogP contribution in [0.3, 0.4) is 0 Å². The third-order valence-corrected chi connectivity index (χ3v) is 2.84. The average Bonchev–Trinajstić information content (AvgIpc) is 2.92. The Morgan fingerprint density at radius 3 is 2.65 bits per heavy atom. The van der Waals surface area contributed by atoms with Crippen LogP contribution in [0.2, 0.25) is 0 Å². The van der Waals surface area contributed by atoms with E-state index in [0.717, 1.165) is 13.0 Å². The number of nitrogens with one attached hydrogen (secondary N) is 2. The molecule has 0 amide bonds. The molecule has 8 heteroatoms. The second-order valence-corrected chi connectivity index (χ2v) is 4.33. The van der Waals surface area contributed by atoms with E-state index in [9.17, 15) is 0 Å². The molecular formula is C12H20N6O2. The first-order valence-electron chi connectivity index (χ1n) is 6.71. The third kappa shape index (κ3) is 3.14. The van der Waals surface area contributed by atoms with Crippen molar-refractivity contribution in [3.63, 3.8) is 0 Å². The predicted octanol–water partition coefficient (Wildman–Crippen LogP) is -0.0342. The fourth-order valence-corrected chi connectivity index (χ4v) is 1.93. The van der Waals surface area contributed by atoms with Crippen LogP contribution in [0.4, 0.5) is 11.8 Å². The van der Waals surface area contributed by atoms with Gasteiger partial charge in [-0.1, -0.05) is 6.92 Å². The van der Waals surface area contributed by atoms with E-state index in [0.29, 0.717) is 36.0 Å². The van der Waals surface area contributed by atoms with Gasteiger partial charge in [0.25, 0.3) is 0 Å². The van der Waals surface area contributed by atoms with Crippen molar-refractivity contribution < 1.29 is 10.2 Å². The third-order valence-electron chi connectivity index (χ3n) is 2.84. The first kappa shape index (κ1) is 14.5. The highest BCUT2D eigenvalue weighted by atomic mass is 16.3. The van der Waals surface area contributed by atoms with Crippen molar-refractivity contribution in [3.05, 3.63) is 6.33 Å². The van der Waals surface area contributed by atoms with E-state index in [2.05, 4.69) is 32.2 Å². The summed E-state index contributed by atoms with van der Waals surface area (Å²) < 4.78 is 0. The number of H-pyrrole nitrogens is 1. The Morgan fingerprint density at radius 1 is 1.25 bits per heavy atom. The van der Waals surface area contributed by atoms with E-state index < -0.39 is 0 Å². The summed E-state index contributed by atoms with van der Waals surface area (Å²) in [4.78, 5) is 17.7. The van der Waals surface area contributed by atoms with Crippen molar-refractivity contribution >= 4 is 22.9 Å². The molecule has 0 saturated carbocycles. The molecule has 0 aliphatic heterocycles. The van der Waals surface area contributed by atoms with Crippen molar-refractivity contribution in [1.82, 2.24) is 19.9 Å². The summed E-state index contributed by atoms with van der Waals surface area (Å²) in [5, 5.41) is 21.4. The van der Waals surface area contributed by atoms with E-state index in [1.807, 2.05) is 0 Å². The fourth-order valence-electron chi connectivity index (χ4n) is 1.93. The zero-order chi connectivity index (χ0) is 14.4. The molecule has 0 atom stereocenters. The van der Waals surface area contributed by atoms with Crippen molar-refractivity contribution in [2.45, 2.75) is 13.3 Å². The number of hydrogen-bond acceptors (Lipinski definition) is 7. The summed E-state index contributed by atoms with van der Waals surface area (Å²) >= 11 is 0. The molecule has 0 aromatic carbocycles. The van der Waals surface area contributed by atoms with E-state index in [1.165, 1.54) is 0 Å². The Kier molecular flexibility index (Phi) is 5.08. The number of aliphatic hydroxyl groups is 2. The van der Waals surface area contributed by atoms with Crippen molar-refractivity contribution in [2.75, 3.05) is 43.1 Å². The van der Waals surface area contributed by atoms with Crippen LogP contribution in [-0.2, 0) is 0 Å². The van der Waals surface area contributed by atoms with Crippen LogP contribution >= 0.6 is 0 Å². The maximum atomic E-state index is 9.15. The van der Waals surface area contributed by atoms with Crippen LogP contribution in [0.25, 0.3) is 11.2 Å². The Morgan fingerprint density at radius 2 is 2.00 bits per heavy atom. The summed E-state index contributed by atoms with van der Waals surface area (Å²) in [6.07, 6.45) is 2.52. The minimum atomic E-state index is -0.0165. The molecule has 2 heterocycles. The van der Waals surface area contributed by atoms with Gasteiger partial charge in [-0.05, 0) is 6.42 Å². The standard InChI is InChI=1S/C12H20N6O2/c1-2-3-13-12-16-10-9(14-8-15-10)11(17-12)18(4-6-19)5-7-20/h8,19-20H,2-7H2,1H3,(H2,13,14,15,16,17). The zero-order valence-corrected chi connectivity index (χ0v) is 11.5. The van der Waals surface area contributed by atoms with E-state index in [-0.39, 0.29) is 13.2 Å². The van der Waals surface area contributed by atoms with E-state index >= 15 is 0 Å². The van der Waals surface area contributed by atoms with Gasteiger partial charge in [0, 0.05) is 19.6 Å². The molecule has 0 unspecified atom stereocenters. The lowest BCUT2D eigenvalue weighted by atomic mass is 10.4. The Hall–Kier alpha value is -1.93. The second kappa shape index (κ2) is 7.01. The van der Waals surface area contributed by atoms with Gasteiger partial charge in [0.2, 0.25) is 5.95 Å². The molecule has 0 aliphatic rings. The number of aromatic amines is 1. The van der Waals surface area contributed by atoms with E-state index in [1.54, 1.807) is 11.2 Å². The smallest absolute Gasteiger partial charge is 0.226 e. The minimum absolute atomic E-state index is 0.0165. The van der Waals surface area contributed by atoms with Crippen molar-refractivity contribution in [2.24, 2.45) is 0 Å². The van der Waals surface area contributed by atoms with Gasteiger partial charge in [0.15, 0.2) is 11.5 Å². The molecule has 110 valence electrons. The number of nitrogens with zero attached hydrogens (tertiary/aromatic N) is 4. The van der Waals surface area contributed by atoms with E-state index in [4.69, 9.17) is 10.2 Å². The van der Waals surface area contributed by atoms with Gasteiger partial charge < -0.3 is 25.4 Å². The largest absolute Gasteiger partial charge is 0.395 e. The summed E-state index contributed by atoms with van der Waals surface area (Å²) in [6, 6.07) is 0. The molecule has 0 saturated heterocycles. The van der Waals surface area contributed by atoms with Crippen molar-refractivity contribution in [3.8, 4) is 0 Å². The zero-order valence-electron chi connectivity index (χ0n) is 11.5. The number of imidazole rings is 1. The van der Waals surface area contributed by atoms with Gasteiger partial charge in [-0.15, -0.1) is 0 Å². The molecule has 2 aromatic heterocycles. The second-order valence-electron chi connectivity index (χ2n) is 4.33. The molecule has 0 spiro atoms. The number of rotatable bonds is 8. The highest BCUT2D eigenvalue weighted by Gasteiger charge is 2.15. The predicted molar refractivity (Wildman–Crippen MR) is 76.8 cm³/mol. The molecular weight excluding hydrogens is 260 g/mol. The van der Waals surface area contributed by atoms with Gasteiger partial charge in [-0.25, -0.2) is 4.98 Å². The molecule has 0 radical (unpaired) electrons. The molecule has 0 fully saturated rings. The quantitative estimate of drug-likeness (QED) is 0.537. The highest BCUT2D eigenvalue weighted by molar-refractivity contribution is 5.84. The maximum Gasteiger partial charge on any atom is 0.226 e. The lowest BCUT2D eigenvalue weighted by Crippen LogP contribution is -2.31. The average molecular weight is 280 g/mol. The topological polar surface area (TPSA) is 110 Å². The first-order chi connectivity index (χ1) is 9.80. The normalized spacial score (nSPS) is 10.9. The van der Waals surface area contributed by atoms with Crippen LogP contribution in [-0.4, -0.2) is 63.0 Å². The molecule has 0 aliphatic carbocycles. The van der Waals surface area contributed by atoms with Crippen LogP contribution in [0.5, 0.6) is 0 Å². The number of aromatic nitrogens is 4. The minimum Gasteiger partial charge on any atom is -0.395 e. The van der Waals surface area contributed by atoms with Crippen LogP contribution < -0.4 is 10.2 Å². The van der Waals surface area contributed by atoms with Gasteiger partial charge >= 0.3 is 0 Å². The summed E-state index contributed by atoms with van der Waals surface area (Å²) in [5.74, 6) is 1.14. The monoisotopic (exact) mass is 280 g/mol. The molecule has 0 bridgehead atoms. The SMILES string of the molecule is CCCNc1nc(N(CCO)CCO)c2[nH]cnc2n1. The Labute approximate surface area is 116 Å². The first-order valence-corrected chi connectivity index (χ1v) is 6.71. The van der Waals surface area contributed by atoms with Crippen LogP contribution in [0, 0.1) is 0 Å². The lowest BCUT2D eigenvalue weighted by Gasteiger charge is -2.22. The fraction of sp³-hybridized carbons (Fsp3) is 0.583. The summed E-state index contributed by atoms with van der Waals surface area (Å²) in [5.41, 5.74) is 1.27. The number of anilines is 2. The highest BCUT2D eigenvalue weighted by Crippen LogP contribution is 2.22. The van der Waals surface area contributed by atoms with Crippen molar-refractivity contribution in [1.29, 1.82) is 0 Å². The van der Waals surface area contributed by atoms with Gasteiger partial charge in [0.05, 0.1) is 19.5 Å². The lowest BCUT2D eigenvalue weighted by molar-refractivity contribution is 0.281. The van der Waals surface area contributed by atoms with Gasteiger partial charge in [-0.3, -0.25) is 0 Å². The van der Waals surface area contributed by atoms with Gasteiger partial charge in [-0.2, -0.15) is 9.97 Å². The number of aliphatic hydroxyl groups excluding tert-OH is 2. The van der Waals surface area contributed by atoms with Crippen LogP contribution in [0.1, 0.15) is 13.3 Å². The maximum absolute atomic E-state index is 9.15. The Balaban J connectivity index is 2.39. The van der Waals surface area contributed by atoms with Crippen LogP contribution in [0.15, 0.2) is 6.33 Å². The molecule has 2 aromatic rings. The molecule has 8 nitrogen and oxygen atoms in total. The summed E-state index contributed by atoms with van der Waals surface area (Å²) in [7, 11) is 0. The molecule has 20 heavy (non-hydrogen) atoms. The molecule has 4 N–H and O–H groups in total. The molecule has 2 rings (SSSR count). The summed E-state index contributed by atoms with van der Waals surface area (Å²) in [6.45, 7) is 3.58. The Bertz CT molecular complexity index is 538. The number of hydrogen-bond donors (Lipinski definition) is 4. The van der Waals surface area contributed by atoms with Gasteiger partial charge in [0.1, 0.15) is 5.52 Å². The number of fused-ring (bicyclic) bond motifs is 1.